The number of para-hydroxylation sites is 1. The first-order valence-corrected chi connectivity index (χ1v) is 5.63. The van der Waals surface area contributed by atoms with Crippen LogP contribution in [0.2, 0.25) is 0 Å². The predicted molar refractivity (Wildman–Crippen MR) is 72.3 cm³/mol. The van der Waals surface area contributed by atoms with Crippen molar-refractivity contribution in [2.45, 2.75) is 13.8 Å². The van der Waals surface area contributed by atoms with E-state index in [9.17, 15) is 0 Å². The van der Waals surface area contributed by atoms with Crippen LogP contribution in [0.15, 0.2) is 36.4 Å². The molecule has 2 rings (SSSR count). The Hall–Kier alpha value is -1.96. The van der Waals surface area contributed by atoms with E-state index >= 15 is 0 Å². The number of nitrogens with two attached hydrogens (primary N) is 1. The minimum absolute atomic E-state index is 0.774. The van der Waals surface area contributed by atoms with Crippen molar-refractivity contribution >= 4 is 5.69 Å². The van der Waals surface area contributed by atoms with Gasteiger partial charge < -0.3 is 10.5 Å². The topological polar surface area (TPSA) is 35.2 Å². The molecule has 0 saturated carbocycles. The van der Waals surface area contributed by atoms with Crippen molar-refractivity contribution in [3.63, 3.8) is 0 Å². The van der Waals surface area contributed by atoms with Crippen LogP contribution in [0.4, 0.5) is 5.69 Å². The zero-order valence-electron chi connectivity index (χ0n) is 10.4. The number of methoxy groups -OCH3 is 1. The average molecular weight is 227 g/mol. The van der Waals surface area contributed by atoms with Crippen molar-refractivity contribution < 1.29 is 4.74 Å². The maximum atomic E-state index is 6.02. The zero-order valence-corrected chi connectivity index (χ0v) is 10.4. The highest BCUT2D eigenvalue weighted by atomic mass is 16.5. The molecule has 0 saturated heterocycles. The van der Waals surface area contributed by atoms with Gasteiger partial charge in [-0.2, -0.15) is 0 Å². The second-order valence-corrected chi connectivity index (χ2v) is 4.25. The van der Waals surface area contributed by atoms with Crippen LogP contribution in [-0.2, 0) is 0 Å². The molecular formula is C15H17NO. The van der Waals surface area contributed by atoms with Crippen molar-refractivity contribution in [1.29, 1.82) is 0 Å². The molecule has 2 nitrogen and oxygen atoms in total. The van der Waals surface area contributed by atoms with Gasteiger partial charge in [-0.05, 0) is 37.1 Å². The molecule has 0 fully saturated rings. The SMILES string of the molecule is COc1c(C)cc(C)cc1-c1ccccc1N. The molecule has 2 N–H and O–H groups in total. The van der Waals surface area contributed by atoms with E-state index in [4.69, 9.17) is 10.5 Å². The van der Waals surface area contributed by atoms with E-state index in [1.165, 1.54) is 5.56 Å². The second-order valence-electron chi connectivity index (χ2n) is 4.25. The van der Waals surface area contributed by atoms with Gasteiger partial charge in [-0.25, -0.2) is 0 Å². The molecule has 2 aromatic carbocycles. The number of benzene rings is 2. The molecule has 0 aliphatic carbocycles. The lowest BCUT2D eigenvalue weighted by Gasteiger charge is -2.14. The summed E-state index contributed by atoms with van der Waals surface area (Å²) in [5, 5.41) is 0. The second kappa shape index (κ2) is 4.50. The van der Waals surface area contributed by atoms with Gasteiger partial charge in [0.1, 0.15) is 5.75 Å². The highest BCUT2D eigenvalue weighted by Gasteiger charge is 2.11. The van der Waals surface area contributed by atoms with E-state index in [0.717, 1.165) is 28.1 Å². The van der Waals surface area contributed by atoms with E-state index in [0.29, 0.717) is 0 Å². The normalized spacial score (nSPS) is 10.3. The van der Waals surface area contributed by atoms with Gasteiger partial charge in [-0.15, -0.1) is 0 Å². The number of hydrogen-bond acceptors (Lipinski definition) is 2. The standard InChI is InChI=1S/C15H17NO/c1-10-8-11(2)15(17-3)13(9-10)12-6-4-5-7-14(12)16/h4-9H,16H2,1-3H3. The van der Waals surface area contributed by atoms with E-state index < -0.39 is 0 Å². The first-order chi connectivity index (χ1) is 8.13. The summed E-state index contributed by atoms with van der Waals surface area (Å²) in [4.78, 5) is 0. The summed E-state index contributed by atoms with van der Waals surface area (Å²) in [7, 11) is 1.69. The molecule has 17 heavy (non-hydrogen) atoms. The molecule has 0 heterocycles. The summed E-state index contributed by atoms with van der Waals surface area (Å²) < 4.78 is 5.48. The third kappa shape index (κ3) is 2.11. The van der Waals surface area contributed by atoms with Gasteiger partial charge in [-0.3, -0.25) is 0 Å². The fourth-order valence-corrected chi connectivity index (χ4v) is 2.17. The number of hydrogen-bond donors (Lipinski definition) is 1. The maximum absolute atomic E-state index is 6.02. The lowest BCUT2D eigenvalue weighted by atomic mass is 9.98. The Morgan fingerprint density at radius 2 is 1.71 bits per heavy atom. The summed E-state index contributed by atoms with van der Waals surface area (Å²) in [6.07, 6.45) is 0. The Bertz CT molecular complexity index is 547. The minimum atomic E-state index is 0.774. The van der Waals surface area contributed by atoms with E-state index in [1.807, 2.05) is 24.3 Å². The summed E-state index contributed by atoms with van der Waals surface area (Å²) in [5.41, 5.74) is 11.2. The van der Waals surface area contributed by atoms with Gasteiger partial charge in [0.2, 0.25) is 0 Å². The Kier molecular flexibility index (Phi) is 3.05. The van der Waals surface area contributed by atoms with Crippen LogP contribution in [0.25, 0.3) is 11.1 Å². The largest absolute Gasteiger partial charge is 0.496 e. The van der Waals surface area contributed by atoms with Crippen LogP contribution >= 0.6 is 0 Å². The van der Waals surface area contributed by atoms with Crippen LogP contribution in [0.5, 0.6) is 5.75 Å². The Labute approximate surface area is 102 Å². The van der Waals surface area contributed by atoms with Gasteiger partial charge in [0.25, 0.3) is 0 Å². The zero-order chi connectivity index (χ0) is 12.4. The fourth-order valence-electron chi connectivity index (χ4n) is 2.17. The van der Waals surface area contributed by atoms with Gasteiger partial charge in [0.05, 0.1) is 7.11 Å². The molecular weight excluding hydrogens is 210 g/mol. The van der Waals surface area contributed by atoms with Crippen molar-refractivity contribution in [3.8, 4) is 16.9 Å². The van der Waals surface area contributed by atoms with Gasteiger partial charge in [0, 0.05) is 16.8 Å². The smallest absolute Gasteiger partial charge is 0.129 e. The summed E-state index contributed by atoms with van der Waals surface area (Å²) in [5.74, 6) is 0.897. The van der Waals surface area contributed by atoms with Gasteiger partial charge in [0.15, 0.2) is 0 Å². The molecule has 0 aromatic heterocycles. The summed E-state index contributed by atoms with van der Waals surface area (Å²) in [6.45, 7) is 4.13. The lowest BCUT2D eigenvalue weighted by Crippen LogP contribution is -1.95. The Morgan fingerprint density at radius 3 is 2.35 bits per heavy atom. The van der Waals surface area contributed by atoms with E-state index in [1.54, 1.807) is 7.11 Å². The average Bonchev–Trinajstić information content (AvgIpc) is 2.28. The highest BCUT2D eigenvalue weighted by molar-refractivity contribution is 5.81. The number of ether oxygens (including phenoxy) is 1. The number of nitrogen functional groups attached to an aromatic ring is 1. The van der Waals surface area contributed by atoms with E-state index in [2.05, 4.69) is 26.0 Å². The lowest BCUT2D eigenvalue weighted by molar-refractivity contribution is 0.413. The van der Waals surface area contributed by atoms with Crippen molar-refractivity contribution in [1.82, 2.24) is 0 Å². The molecule has 0 aliphatic heterocycles. The molecule has 0 bridgehead atoms. The minimum Gasteiger partial charge on any atom is -0.496 e. The molecule has 0 atom stereocenters. The Balaban J connectivity index is 2.70. The molecule has 0 unspecified atom stereocenters. The van der Waals surface area contributed by atoms with E-state index in [-0.39, 0.29) is 0 Å². The van der Waals surface area contributed by atoms with Gasteiger partial charge in [-0.1, -0.05) is 24.3 Å². The third-order valence-corrected chi connectivity index (χ3v) is 2.87. The number of aryl methyl sites for hydroxylation is 2. The molecule has 0 aliphatic rings. The predicted octanol–water partition coefficient (Wildman–Crippen LogP) is 3.56. The van der Waals surface area contributed by atoms with Crippen molar-refractivity contribution in [2.75, 3.05) is 12.8 Å². The summed E-state index contributed by atoms with van der Waals surface area (Å²) >= 11 is 0. The highest BCUT2D eigenvalue weighted by Crippen LogP contribution is 2.36. The van der Waals surface area contributed by atoms with Crippen LogP contribution < -0.4 is 10.5 Å². The van der Waals surface area contributed by atoms with Crippen LogP contribution in [0, 0.1) is 13.8 Å². The molecule has 2 aromatic rings. The molecule has 88 valence electrons. The Morgan fingerprint density at radius 1 is 1.00 bits per heavy atom. The first-order valence-electron chi connectivity index (χ1n) is 5.63. The van der Waals surface area contributed by atoms with Gasteiger partial charge >= 0.3 is 0 Å². The fraction of sp³-hybridized carbons (Fsp3) is 0.200. The molecule has 0 radical (unpaired) electrons. The number of anilines is 1. The third-order valence-electron chi connectivity index (χ3n) is 2.87. The van der Waals surface area contributed by atoms with Crippen LogP contribution in [-0.4, -0.2) is 7.11 Å². The molecule has 0 spiro atoms. The summed E-state index contributed by atoms with van der Waals surface area (Å²) in [6, 6.07) is 12.1. The van der Waals surface area contributed by atoms with Crippen molar-refractivity contribution in [3.05, 3.63) is 47.5 Å². The number of rotatable bonds is 2. The van der Waals surface area contributed by atoms with Crippen LogP contribution in [0.3, 0.4) is 0 Å². The quantitative estimate of drug-likeness (QED) is 0.796. The van der Waals surface area contributed by atoms with Crippen molar-refractivity contribution in [2.24, 2.45) is 0 Å². The monoisotopic (exact) mass is 227 g/mol. The van der Waals surface area contributed by atoms with Crippen LogP contribution in [0.1, 0.15) is 11.1 Å². The maximum Gasteiger partial charge on any atom is 0.129 e. The molecule has 2 heteroatoms. The first kappa shape index (κ1) is 11.5. The molecule has 0 amide bonds.